The van der Waals surface area contributed by atoms with E-state index in [0.29, 0.717) is 12.0 Å². The van der Waals surface area contributed by atoms with Crippen LogP contribution in [0.15, 0.2) is 29.3 Å². The van der Waals surface area contributed by atoms with Crippen LogP contribution in [0.2, 0.25) is 0 Å². The third-order valence-corrected chi connectivity index (χ3v) is 3.42. The van der Waals surface area contributed by atoms with E-state index in [1.807, 2.05) is 0 Å². The summed E-state index contributed by atoms with van der Waals surface area (Å²) in [5.74, 6) is 1.45. The van der Waals surface area contributed by atoms with E-state index >= 15 is 0 Å². The standard InChI is InChI=1S/C13H16INO/c1-9(2)12-8-16-13(15-12)7-10-4-3-5-11(14)6-10/h3-6,9,12H,7-8H2,1-2H3/t12-/m0/s1. The number of hydrogen-bond acceptors (Lipinski definition) is 2. The molecule has 0 aliphatic carbocycles. The zero-order valence-corrected chi connectivity index (χ0v) is 11.8. The summed E-state index contributed by atoms with van der Waals surface area (Å²) in [6, 6.07) is 8.81. The molecule has 1 aliphatic rings. The molecule has 0 bridgehead atoms. The van der Waals surface area contributed by atoms with Gasteiger partial charge >= 0.3 is 0 Å². The average molecular weight is 329 g/mol. The van der Waals surface area contributed by atoms with E-state index in [-0.39, 0.29) is 0 Å². The fourth-order valence-corrected chi connectivity index (χ4v) is 2.31. The molecule has 0 saturated carbocycles. The van der Waals surface area contributed by atoms with Crippen LogP contribution in [-0.2, 0) is 11.2 Å². The molecule has 1 aliphatic heterocycles. The number of ether oxygens (including phenoxy) is 1. The van der Waals surface area contributed by atoms with Crippen LogP contribution in [0.5, 0.6) is 0 Å². The van der Waals surface area contributed by atoms with Gasteiger partial charge in [-0.2, -0.15) is 0 Å². The van der Waals surface area contributed by atoms with Crippen molar-refractivity contribution in [3.63, 3.8) is 0 Å². The van der Waals surface area contributed by atoms with Crippen LogP contribution in [0.4, 0.5) is 0 Å². The van der Waals surface area contributed by atoms with Gasteiger partial charge in [0.25, 0.3) is 0 Å². The normalized spacial score (nSPS) is 19.8. The van der Waals surface area contributed by atoms with Gasteiger partial charge in [-0.1, -0.05) is 26.0 Å². The zero-order chi connectivity index (χ0) is 11.5. The molecule has 1 aromatic rings. The first-order chi connectivity index (χ1) is 7.65. The monoisotopic (exact) mass is 329 g/mol. The summed E-state index contributed by atoms with van der Waals surface area (Å²) in [5.41, 5.74) is 1.27. The smallest absolute Gasteiger partial charge is 0.188 e. The van der Waals surface area contributed by atoms with E-state index in [2.05, 4.69) is 65.7 Å². The van der Waals surface area contributed by atoms with Crippen LogP contribution in [0.1, 0.15) is 19.4 Å². The van der Waals surface area contributed by atoms with Gasteiger partial charge in [-0.15, -0.1) is 0 Å². The Morgan fingerprint density at radius 2 is 2.31 bits per heavy atom. The molecular formula is C13H16INO. The van der Waals surface area contributed by atoms with Gasteiger partial charge in [0, 0.05) is 9.99 Å². The predicted octanol–water partition coefficient (Wildman–Crippen LogP) is 3.29. The number of nitrogens with zero attached hydrogens (tertiary/aromatic N) is 1. The van der Waals surface area contributed by atoms with Crippen LogP contribution in [0.25, 0.3) is 0 Å². The first-order valence-electron chi connectivity index (χ1n) is 5.59. The van der Waals surface area contributed by atoms with E-state index < -0.39 is 0 Å². The molecule has 0 amide bonds. The highest BCUT2D eigenvalue weighted by atomic mass is 127. The van der Waals surface area contributed by atoms with Crippen molar-refractivity contribution in [1.29, 1.82) is 0 Å². The molecule has 16 heavy (non-hydrogen) atoms. The lowest BCUT2D eigenvalue weighted by molar-refractivity contribution is 0.287. The second-order valence-corrected chi connectivity index (χ2v) is 5.70. The summed E-state index contributed by atoms with van der Waals surface area (Å²) in [6.45, 7) is 5.12. The third-order valence-electron chi connectivity index (χ3n) is 2.74. The van der Waals surface area contributed by atoms with Gasteiger partial charge in [0.1, 0.15) is 6.61 Å². The SMILES string of the molecule is CC(C)[C@@H]1COC(Cc2cccc(I)c2)=N1. The van der Waals surface area contributed by atoms with Crippen LogP contribution in [0, 0.1) is 9.49 Å². The minimum atomic E-state index is 0.345. The van der Waals surface area contributed by atoms with E-state index in [1.165, 1.54) is 9.13 Å². The first kappa shape index (κ1) is 11.9. The van der Waals surface area contributed by atoms with Crippen molar-refractivity contribution >= 4 is 28.5 Å². The first-order valence-corrected chi connectivity index (χ1v) is 6.67. The van der Waals surface area contributed by atoms with Gasteiger partial charge in [-0.05, 0) is 46.2 Å². The second kappa shape index (κ2) is 5.17. The maximum absolute atomic E-state index is 5.62. The fraction of sp³-hybridized carbons (Fsp3) is 0.462. The highest BCUT2D eigenvalue weighted by Gasteiger charge is 2.21. The lowest BCUT2D eigenvalue weighted by atomic mass is 10.1. The number of benzene rings is 1. The van der Waals surface area contributed by atoms with E-state index in [4.69, 9.17) is 4.74 Å². The van der Waals surface area contributed by atoms with Crippen LogP contribution in [0.3, 0.4) is 0 Å². The molecule has 1 atom stereocenters. The average Bonchev–Trinajstić information content (AvgIpc) is 2.66. The molecule has 1 aromatic carbocycles. The van der Waals surface area contributed by atoms with Crippen LogP contribution in [-0.4, -0.2) is 18.5 Å². The minimum absolute atomic E-state index is 0.345. The maximum Gasteiger partial charge on any atom is 0.188 e. The molecular weight excluding hydrogens is 313 g/mol. The van der Waals surface area contributed by atoms with Crippen molar-refractivity contribution in [1.82, 2.24) is 0 Å². The number of rotatable bonds is 3. The number of aliphatic imine (C=N–C) groups is 1. The Balaban J connectivity index is 2.03. The van der Waals surface area contributed by atoms with Crippen molar-refractivity contribution in [2.45, 2.75) is 26.3 Å². The van der Waals surface area contributed by atoms with Gasteiger partial charge in [-0.25, -0.2) is 4.99 Å². The molecule has 2 nitrogen and oxygen atoms in total. The lowest BCUT2D eigenvalue weighted by Crippen LogP contribution is -2.13. The van der Waals surface area contributed by atoms with Crippen molar-refractivity contribution in [3.05, 3.63) is 33.4 Å². The topological polar surface area (TPSA) is 21.6 Å². The molecule has 0 spiro atoms. The van der Waals surface area contributed by atoms with E-state index in [0.717, 1.165) is 18.9 Å². The summed E-state index contributed by atoms with van der Waals surface area (Å²) < 4.78 is 6.88. The molecule has 0 radical (unpaired) electrons. The van der Waals surface area contributed by atoms with Crippen LogP contribution < -0.4 is 0 Å². The van der Waals surface area contributed by atoms with Gasteiger partial charge in [0.15, 0.2) is 5.90 Å². The van der Waals surface area contributed by atoms with Crippen LogP contribution >= 0.6 is 22.6 Å². The highest BCUT2D eigenvalue weighted by Crippen LogP contribution is 2.16. The molecule has 3 heteroatoms. The second-order valence-electron chi connectivity index (χ2n) is 4.45. The van der Waals surface area contributed by atoms with Gasteiger partial charge in [0.05, 0.1) is 6.04 Å². The Morgan fingerprint density at radius 1 is 1.50 bits per heavy atom. The molecule has 0 unspecified atom stereocenters. The summed E-state index contributed by atoms with van der Waals surface area (Å²) in [5, 5.41) is 0. The molecule has 86 valence electrons. The summed E-state index contributed by atoms with van der Waals surface area (Å²) in [7, 11) is 0. The van der Waals surface area contributed by atoms with Gasteiger partial charge in [-0.3, -0.25) is 0 Å². The van der Waals surface area contributed by atoms with Crippen molar-refractivity contribution in [3.8, 4) is 0 Å². The Kier molecular flexibility index (Phi) is 3.84. The van der Waals surface area contributed by atoms with E-state index in [1.54, 1.807) is 0 Å². The Bertz CT molecular complexity index is 401. The molecule has 0 saturated heterocycles. The Labute approximate surface area is 110 Å². The Hall–Kier alpha value is -0.580. The van der Waals surface area contributed by atoms with Crippen molar-refractivity contribution in [2.75, 3.05) is 6.61 Å². The quantitative estimate of drug-likeness (QED) is 0.780. The summed E-state index contributed by atoms with van der Waals surface area (Å²) in [4.78, 5) is 4.60. The van der Waals surface area contributed by atoms with Gasteiger partial charge in [0.2, 0.25) is 0 Å². The number of halogens is 1. The Morgan fingerprint density at radius 3 is 2.94 bits per heavy atom. The van der Waals surface area contributed by atoms with E-state index in [9.17, 15) is 0 Å². The largest absolute Gasteiger partial charge is 0.478 e. The summed E-state index contributed by atoms with van der Waals surface area (Å²) in [6.07, 6.45) is 0.820. The highest BCUT2D eigenvalue weighted by molar-refractivity contribution is 14.1. The fourth-order valence-electron chi connectivity index (χ4n) is 1.70. The molecule has 0 N–H and O–H groups in total. The molecule has 1 heterocycles. The predicted molar refractivity (Wildman–Crippen MR) is 74.9 cm³/mol. The van der Waals surface area contributed by atoms with Crippen molar-refractivity contribution < 1.29 is 4.74 Å². The number of hydrogen-bond donors (Lipinski definition) is 0. The molecule has 0 aromatic heterocycles. The molecule has 2 rings (SSSR count). The minimum Gasteiger partial charge on any atom is -0.478 e. The van der Waals surface area contributed by atoms with Crippen molar-refractivity contribution in [2.24, 2.45) is 10.9 Å². The third kappa shape index (κ3) is 2.97. The summed E-state index contributed by atoms with van der Waals surface area (Å²) >= 11 is 2.33. The zero-order valence-electron chi connectivity index (χ0n) is 9.61. The molecule has 0 fully saturated rings. The maximum atomic E-state index is 5.62. The van der Waals surface area contributed by atoms with Gasteiger partial charge < -0.3 is 4.74 Å². The lowest BCUT2D eigenvalue weighted by Gasteiger charge is -2.06.